The Kier molecular flexibility index (Phi) is 52.9. The van der Waals surface area contributed by atoms with E-state index in [1.54, 1.807) is 0 Å². The van der Waals surface area contributed by atoms with Gasteiger partial charge in [-0.15, -0.1) is 0 Å². The van der Waals surface area contributed by atoms with E-state index in [-0.39, 0.29) is 18.5 Å². The molecular formula is H9Cl3N3Ti. The molecule has 0 bridgehead atoms. The fraction of sp³-hybridized carbons (Fsp3) is 0. The molecule has 7 heteroatoms. The van der Waals surface area contributed by atoms with Gasteiger partial charge in [-0.1, -0.05) is 0 Å². The van der Waals surface area contributed by atoms with E-state index in [0.717, 1.165) is 0 Å². The van der Waals surface area contributed by atoms with Crippen LogP contribution in [0.4, 0.5) is 0 Å². The zero-order valence-corrected chi connectivity index (χ0v) is 7.58. The van der Waals surface area contributed by atoms with Crippen molar-refractivity contribution in [3.05, 3.63) is 0 Å². The second-order valence-electron chi connectivity index (χ2n) is 0.214. The molecule has 0 aliphatic heterocycles. The second kappa shape index (κ2) is 15.7. The molecular weight excluding hydrogens is 196 g/mol. The fourth-order valence-corrected chi connectivity index (χ4v) is 0. The Hall–Kier alpha value is 1.46. The molecule has 3 nitrogen and oxygen atoms in total. The van der Waals surface area contributed by atoms with Crippen LogP contribution in [0.5, 0.6) is 0 Å². The van der Waals surface area contributed by atoms with Crippen molar-refractivity contribution in [3.8, 4) is 0 Å². The first-order valence-corrected chi connectivity index (χ1v) is 7.01. The molecule has 0 amide bonds. The summed E-state index contributed by atoms with van der Waals surface area (Å²) in [7, 11) is 14.9. The first-order valence-electron chi connectivity index (χ1n) is 0.567. The van der Waals surface area contributed by atoms with E-state index in [2.05, 4.69) is 0 Å². The molecule has 7 heavy (non-hydrogen) atoms. The molecule has 0 fully saturated rings. The Labute approximate surface area is 60.9 Å². The Balaban J connectivity index is -0.0000000150. The van der Waals surface area contributed by atoms with Crippen molar-refractivity contribution in [2.24, 2.45) is 0 Å². The van der Waals surface area contributed by atoms with Crippen molar-refractivity contribution in [2.45, 2.75) is 0 Å². The number of hydrogen-bond acceptors (Lipinski definition) is 3. The Morgan fingerprint density at radius 3 is 0.714 bits per heavy atom. The van der Waals surface area contributed by atoms with Crippen LogP contribution in [0.1, 0.15) is 0 Å². The van der Waals surface area contributed by atoms with E-state index in [9.17, 15) is 0 Å². The molecule has 0 aliphatic rings. The van der Waals surface area contributed by atoms with Gasteiger partial charge >= 0.3 is 42.6 Å². The van der Waals surface area contributed by atoms with Crippen LogP contribution < -0.4 is 18.5 Å². The van der Waals surface area contributed by atoms with Gasteiger partial charge in [-0.2, -0.15) is 0 Å². The van der Waals surface area contributed by atoms with Gasteiger partial charge in [-0.3, -0.25) is 0 Å². The van der Waals surface area contributed by atoms with Gasteiger partial charge in [0.25, 0.3) is 0 Å². The van der Waals surface area contributed by atoms with Crippen LogP contribution in [0.3, 0.4) is 0 Å². The maximum atomic E-state index is 4.97. The number of halogens is 3. The van der Waals surface area contributed by atoms with Crippen molar-refractivity contribution in [3.63, 3.8) is 0 Å². The molecule has 0 heterocycles. The molecule has 0 aromatic carbocycles. The third-order valence-corrected chi connectivity index (χ3v) is 0. The first kappa shape index (κ1) is 23.7. The zero-order valence-electron chi connectivity index (χ0n) is 3.76. The van der Waals surface area contributed by atoms with Crippen LogP contribution in [0.15, 0.2) is 0 Å². The summed E-state index contributed by atoms with van der Waals surface area (Å²) >= 11 is -1.92. The molecule has 0 rings (SSSR count). The summed E-state index contributed by atoms with van der Waals surface area (Å²) in [6, 6.07) is 0. The monoisotopic (exact) mass is 204 g/mol. The molecule has 49 valence electrons. The van der Waals surface area contributed by atoms with E-state index >= 15 is 0 Å². The van der Waals surface area contributed by atoms with Crippen LogP contribution in [-0.4, -0.2) is 0 Å². The molecule has 0 unspecified atom stereocenters. The average molecular weight is 205 g/mol. The molecule has 9 N–H and O–H groups in total. The van der Waals surface area contributed by atoms with Crippen LogP contribution in [0.2, 0.25) is 0 Å². The molecule has 0 radical (unpaired) electrons. The number of rotatable bonds is 0. The standard InChI is InChI=1S/3ClH.3H3N.Ti/h3*1H;3*1H3;/q;;;;;;+3/p-3. The molecule has 0 saturated heterocycles. The molecule has 0 aromatic heterocycles. The van der Waals surface area contributed by atoms with Crippen molar-refractivity contribution in [1.29, 1.82) is 0 Å². The van der Waals surface area contributed by atoms with Gasteiger partial charge in [0.15, 0.2) is 0 Å². The second-order valence-corrected chi connectivity index (χ2v) is 7.95. The van der Waals surface area contributed by atoms with Crippen molar-refractivity contribution in [2.75, 3.05) is 0 Å². The minimum atomic E-state index is -1.92. The molecule has 0 aromatic rings. The molecule has 0 aliphatic carbocycles. The summed E-state index contributed by atoms with van der Waals surface area (Å²) in [5.41, 5.74) is 0. The Morgan fingerprint density at radius 2 is 0.714 bits per heavy atom. The quantitative estimate of drug-likeness (QED) is 0.529. The Morgan fingerprint density at radius 1 is 0.714 bits per heavy atom. The first-order chi connectivity index (χ1) is 1.73. The van der Waals surface area contributed by atoms with E-state index in [1.807, 2.05) is 0 Å². The predicted octanol–water partition coefficient (Wildman–Crippen LogP) is 2.55. The van der Waals surface area contributed by atoms with Gasteiger partial charge in [0, 0.05) is 0 Å². The summed E-state index contributed by atoms with van der Waals surface area (Å²) < 4.78 is 0. The summed E-state index contributed by atoms with van der Waals surface area (Å²) in [4.78, 5) is 0. The fourth-order valence-electron chi connectivity index (χ4n) is 0. The van der Waals surface area contributed by atoms with Crippen molar-refractivity contribution < 1.29 is 14.7 Å². The molecule has 0 saturated carbocycles. The van der Waals surface area contributed by atoms with Gasteiger partial charge in [0.2, 0.25) is 0 Å². The molecule has 0 spiro atoms. The van der Waals surface area contributed by atoms with Crippen molar-refractivity contribution in [1.82, 2.24) is 18.5 Å². The van der Waals surface area contributed by atoms with E-state index in [1.165, 1.54) is 0 Å². The SMILES string of the molecule is N.N.N.[Cl][Ti]([Cl])[Cl]. The third-order valence-electron chi connectivity index (χ3n) is 0. The number of hydrogen-bond donors (Lipinski definition) is 3. The van der Waals surface area contributed by atoms with E-state index in [4.69, 9.17) is 27.9 Å². The summed E-state index contributed by atoms with van der Waals surface area (Å²) in [5.74, 6) is 0. The normalized spacial score (nSPS) is 3.86. The van der Waals surface area contributed by atoms with Crippen LogP contribution in [0.25, 0.3) is 0 Å². The third kappa shape index (κ3) is 104. The topological polar surface area (TPSA) is 105 Å². The van der Waals surface area contributed by atoms with Gasteiger partial charge < -0.3 is 18.5 Å². The summed E-state index contributed by atoms with van der Waals surface area (Å²) in [6.07, 6.45) is 0. The average Bonchev–Trinajstić information content (AvgIpc) is 0.811. The van der Waals surface area contributed by atoms with Crippen LogP contribution in [0, 0.1) is 0 Å². The summed E-state index contributed by atoms with van der Waals surface area (Å²) in [5, 5.41) is 0. The van der Waals surface area contributed by atoms with Gasteiger partial charge in [0.1, 0.15) is 0 Å². The van der Waals surface area contributed by atoms with Crippen LogP contribution >= 0.6 is 27.9 Å². The maximum absolute atomic E-state index is 4.97. The predicted molar refractivity (Wildman–Crippen MR) is 32.6 cm³/mol. The summed E-state index contributed by atoms with van der Waals surface area (Å²) in [6.45, 7) is 0. The van der Waals surface area contributed by atoms with Gasteiger partial charge in [-0.05, 0) is 0 Å². The minimum absolute atomic E-state index is 0. The van der Waals surface area contributed by atoms with Crippen LogP contribution in [-0.2, 0) is 14.7 Å². The molecule has 0 atom stereocenters. The Bertz CT molecular complexity index is 14.9. The van der Waals surface area contributed by atoms with E-state index < -0.39 is 14.7 Å². The zero-order chi connectivity index (χ0) is 3.58. The van der Waals surface area contributed by atoms with Gasteiger partial charge in [0.05, 0.1) is 0 Å². The van der Waals surface area contributed by atoms with Gasteiger partial charge in [-0.25, -0.2) is 0 Å². The van der Waals surface area contributed by atoms with E-state index in [0.29, 0.717) is 0 Å². The van der Waals surface area contributed by atoms with Crippen molar-refractivity contribution >= 4 is 27.9 Å².